The van der Waals surface area contributed by atoms with Gasteiger partial charge in [0.1, 0.15) is 16.5 Å². The summed E-state index contributed by atoms with van der Waals surface area (Å²) in [5, 5.41) is 10.1. The first kappa shape index (κ1) is 23.4. The zero-order valence-corrected chi connectivity index (χ0v) is 20.4. The van der Waals surface area contributed by atoms with E-state index < -0.39 is 28.9 Å². The standard InChI is InChI=1S/C22H25BrN2O5S/c1-12(2)30-15(14-9-7-6-8-10-14)11-24-19-16(13(3)17(23)31-19)18(26)25(21(24)29)22(4,5)20(27)28/h6-10,12,15H,11H2,1-5H3,(H,27,28)/t15-/m1/s1. The Bertz CT molecular complexity index is 1240. The molecule has 3 rings (SSSR count). The molecule has 1 N–H and O–H groups in total. The first-order valence-corrected chi connectivity index (χ1v) is 11.5. The predicted octanol–water partition coefficient (Wildman–Crippen LogP) is 4.28. The quantitative estimate of drug-likeness (QED) is 0.514. The molecule has 1 atom stereocenters. The van der Waals surface area contributed by atoms with Gasteiger partial charge in [0.05, 0.1) is 21.8 Å². The smallest absolute Gasteiger partial charge is 0.333 e. The van der Waals surface area contributed by atoms with Gasteiger partial charge in [-0.05, 0) is 61.7 Å². The minimum Gasteiger partial charge on any atom is -0.480 e. The molecule has 0 aliphatic rings. The Hall–Kier alpha value is -2.23. The van der Waals surface area contributed by atoms with Crippen LogP contribution in [0.4, 0.5) is 0 Å². The summed E-state index contributed by atoms with van der Waals surface area (Å²) < 4.78 is 9.13. The molecule has 1 aromatic carbocycles. The maximum Gasteiger partial charge on any atom is 0.333 e. The van der Waals surface area contributed by atoms with Crippen molar-refractivity contribution in [2.45, 2.75) is 58.9 Å². The number of aliphatic carboxylic acids is 1. The van der Waals surface area contributed by atoms with Crippen LogP contribution in [0, 0.1) is 6.92 Å². The minimum atomic E-state index is -1.72. The minimum absolute atomic E-state index is 0.102. The van der Waals surface area contributed by atoms with Crippen molar-refractivity contribution in [2.24, 2.45) is 0 Å². The van der Waals surface area contributed by atoms with Gasteiger partial charge < -0.3 is 9.84 Å². The molecule has 0 amide bonds. The highest BCUT2D eigenvalue weighted by Crippen LogP contribution is 2.34. The summed E-state index contributed by atoms with van der Waals surface area (Å²) in [6.45, 7) is 8.44. The van der Waals surface area contributed by atoms with Crippen molar-refractivity contribution >= 4 is 43.5 Å². The first-order valence-electron chi connectivity index (χ1n) is 9.85. The number of carboxylic acid groups (broad SMARTS) is 1. The summed E-state index contributed by atoms with van der Waals surface area (Å²) in [6, 6.07) is 9.52. The number of halogens is 1. The Morgan fingerprint density at radius 2 is 1.84 bits per heavy atom. The van der Waals surface area contributed by atoms with E-state index >= 15 is 0 Å². The van der Waals surface area contributed by atoms with Crippen molar-refractivity contribution in [3.63, 3.8) is 0 Å². The van der Waals surface area contributed by atoms with E-state index in [0.29, 0.717) is 15.8 Å². The van der Waals surface area contributed by atoms with Crippen LogP contribution in [0.5, 0.6) is 0 Å². The lowest BCUT2D eigenvalue weighted by molar-refractivity contribution is -0.146. The largest absolute Gasteiger partial charge is 0.480 e. The Labute approximate surface area is 192 Å². The van der Waals surface area contributed by atoms with Crippen LogP contribution in [0.1, 0.15) is 44.9 Å². The number of benzene rings is 1. The number of rotatable bonds is 7. The fourth-order valence-corrected chi connectivity index (χ4v) is 5.15. The van der Waals surface area contributed by atoms with Crippen LogP contribution in [0.2, 0.25) is 0 Å². The Morgan fingerprint density at radius 3 is 2.39 bits per heavy atom. The Kier molecular flexibility index (Phi) is 6.59. The summed E-state index contributed by atoms with van der Waals surface area (Å²) in [5.74, 6) is -1.26. The molecule has 2 heterocycles. The molecule has 7 nitrogen and oxygen atoms in total. The second-order valence-electron chi connectivity index (χ2n) is 8.16. The zero-order chi connectivity index (χ0) is 23.1. The van der Waals surface area contributed by atoms with Crippen molar-refractivity contribution in [2.75, 3.05) is 0 Å². The number of nitrogens with zero attached hydrogens (tertiary/aromatic N) is 2. The fourth-order valence-electron chi connectivity index (χ4n) is 3.46. The lowest BCUT2D eigenvalue weighted by atomic mass is 10.1. The summed E-state index contributed by atoms with van der Waals surface area (Å²) in [7, 11) is 0. The van der Waals surface area contributed by atoms with E-state index in [1.807, 2.05) is 44.2 Å². The van der Waals surface area contributed by atoms with Gasteiger partial charge in [-0.15, -0.1) is 11.3 Å². The van der Waals surface area contributed by atoms with Crippen molar-refractivity contribution in [3.8, 4) is 0 Å². The molecule has 0 radical (unpaired) electrons. The van der Waals surface area contributed by atoms with E-state index in [1.165, 1.54) is 29.8 Å². The third kappa shape index (κ3) is 4.26. The highest BCUT2D eigenvalue weighted by atomic mass is 79.9. The van der Waals surface area contributed by atoms with Crippen LogP contribution in [0.25, 0.3) is 10.2 Å². The fraction of sp³-hybridized carbons (Fsp3) is 0.409. The molecular weight excluding hydrogens is 484 g/mol. The van der Waals surface area contributed by atoms with Gasteiger partial charge in [-0.1, -0.05) is 30.3 Å². The average Bonchev–Trinajstić information content (AvgIpc) is 2.99. The van der Waals surface area contributed by atoms with Crippen molar-refractivity contribution in [1.29, 1.82) is 0 Å². The maximum absolute atomic E-state index is 13.5. The van der Waals surface area contributed by atoms with Crippen LogP contribution < -0.4 is 11.2 Å². The van der Waals surface area contributed by atoms with E-state index in [1.54, 1.807) is 6.92 Å². The van der Waals surface area contributed by atoms with Gasteiger partial charge in [0.25, 0.3) is 5.56 Å². The number of aryl methyl sites for hydroxylation is 1. The number of hydrogen-bond donors (Lipinski definition) is 1. The van der Waals surface area contributed by atoms with Gasteiger partial charge in [-0.2, -0.15) is 0 Å². The molecule has 0 saturated heterocycles. The molecule has 3 aromatic rings. The van der Waals surface area contributed by atoms with Crippen LogP contribution in [0.15, 0.2) is 43.7 Å². The molecule has 2 aromatic heterocycles. The SMILES string of the molecule is Cc1c(Br)sc2c1c(=O)n(C(C)(C)C(=O)O)c(=O)n2C[C@@H](OC(C)C)c1ccccc1. The molecule has 166 valence electrons. The highest BCUT2D eigenvalue weighted by molar-refractivity contribution is 9.11. The number of carbonyl (C=O) groups is 1. The van der Waals surface area contributed by atoms with Crippen molar-refractivity contribution < 1.29 is 14.6 Å². The molecule has 0 spiro atoms. The first-order chi connectivity index (χ1) is 14.5. The van der Waals surface area contributed by atoms with E-state index in [2.05, 4.69) is 15.9 Å². The summed E-state index contributed by atoms with van der Waals surface area (Å²) in [6.07, 6.45) is -0.559. The van der Waals surface area contributed by atoms with Gasteiger partial charge in [-0.3, -0.25) is 9.36 Å². The highest BCUT2D eigenvalue weighted by Gasteiger charge is 2.35. The third-order valence-corrected chi connectivity index (χ3v) is 7.38. The Balaban J connectivity index is 2.33. The molecule has 0 fully saturated rings. The van der Waals surface area contributed by atoms with Crippen molar-refractivity contribution in [1.82, 2.24) is 9.13 Å². The molecule has 0 saturated carbocycles. The summed E-state index contributed by atoms with van der Waals surface area (Å²) >= 11 is 4.75. The molecule has 0 bridgehead atoms. The van der Waals surface area contributed by atoms with E-state index in [-0.39, 0.29) is 12.6 Å². The summed E-state index contributed by atoms with van der Waals surface area (Å²) in [4.78, 5) is 39.2. The van der Waals surface area contributed by atoms with E-state index in [9.17, 15) is 19.5 Å². The zero-order valence-electron chi connectivity index (χ0n) is 18.0. The molecule has 31 heavy (non-hydrogen) atoms. The van der Waals surface area contributed by atoms with E-state index in [4.69, 9.17) is 4.74 Å². The van der Waals surface area contributed by atoms with Gasteiger partial charge in [0, 0.05) is 0 Å². The van der Waals surface area contributed by atoms with Crippen LogP contribution >= 0.6 is 27.3 Å². The van der Waals surface area contributed by atoms with Gasteiger partial charge in [0.15, 0.2) is 0 Å². The number of thiophene rings is 1. The third-order valence-electron chi connectivity index (χ3n) is 5.19. The van der Waals surface area contributed by atoms with Crippen LogP contribution in [-0.4, -0.2) is 26.3 Å². The van der Waals surface area contributed by atoms with Gasteiger partial charge in [0.2, 0.25) is 0 Å². The molecule has 0 aliphatic heterocycles. The Morgan fingerprint density at radius 1 is 1.23 bits per heavy atom. The molecule has 9 heteroatoms. The lowest BCUT2D eigenvalue weighted by Crippen LogP contribution is -2.52. The maximum atomic E-state index is 13.5. The molecule has 0 aliphatic carbocycles. The predicted molar refractivity (Wildman–Crippen MR) is 125 cm³/mol. The van der Waals surface area contributed by atoms with Crippen molar-refractivity contribution in [3.05, 3.63) is 66.1 Å². The van der Waals surface area contributed by atoms with Gasteiger partial charge in [-0.25, -0.2) is 14.2 Å². The number of carboxylic acids is 1. The van der Waals surface area contributed by atoms with Crippen LogP contribution in [-0.2, 0) is 21.6 Å². The molecular formula is C22H25BrN2O5S. The second-order valence-corrected chi connectivity index (χ2v) is 10.5. The topological polar surface area (TPSA) is 90.5 Å². The van der Waals surface area contributed by atoms with E-state index in [0.717, 1.165) is 13.9 Å². The molecule has 0 unspecified atom stereocenters. The van der Waals surface area contributed by atoms with Gasteiger partial charge >= 0.3 is 11.7 Å². The average molecular weight is 509 g/mol. The summed E-state index contributed by atoms with van der Waals surface area (Å²) in [5.41, 5.74) is -1.43. The normalized spacial score (nSPS) is 13.1. The number of fused-ring (bicyclic) bond motifs is 1. The second kappa shape index (κ2) is 8.72. The number of ether oxygens (including phenoxy) is 1. The number of hydrogen-bond acceptors (Lipinski definition) is 5. The number of aromatic nitrogens is 2. The lowest BCUT2D eigenvalue weighted by Gasteiger charge is -2.26. The van der Waals surface area contributed by atoms with Crippen LogP contribution in [0.3, 0.4) is 0 Å². The monoisotopic (exact) mass is 508 g/mol.